The minimum Gasteiger partial charge on any atom is -0.477 e. The summed E-state index contributed by atoms with van der Waals surface area (Å²) in [7, 11) is 0. The SMILES string of the molecule is CC(C)c1onc(-c2cc(Cl)cc(Cl)c2)c1C(=O)O. The van der Waals surface area contributed by atoms with Crippen molar-refractivity contribution in [3.05, 3.63) is 39.6 Å². The van der Waals surface area contributed by atoms with E-state index < -0.39 is 5.97 Å². The summed E-state index contributed by atoms with van der Waals surface area (Å²) in [5, 5.41) is 14.0. The Balaban J connectivity index is 2.65. The van der Waals surface area contributed by atoms with Gasteiger partial charge in [0, 0.05) is 21.5 Å². The Morgan fingerprint density at radius 3 is 2.32 bits per heavy atom. The molecule has 0 spiro atoms. The fourth-order valence-corrected chi connectivity index (χ4v) is 2.32. The second-order valence-corrected chi connectivity index (χ2v) is 5.26. The lowest BCUT2D eigenvalue weighted by Crippen LogP contribution is -2.02. The lowest BCUT2D eigenvalue weighted by Gasteiger charge is -2.03. The van der Waals surface area contributed by atoms with Crippen LogP contribution in [0.2, 0.25) is 10.0 Å². The van der Waals surface area contributed by atoms with Gasteiger partial charge in [-0.15, -0.1) is 0 Å². The quantitative estimate of drug-likeness (QED) is 0.908. The van der Waals surface area contributed by atoms with Crippen molar-refractivity contribution >= 4 is 29.2 Å². The predicted molar refractivity (Wildman–Crippen MR) is 73.0 cm³/mol. The van der Waals surface area contributed by atoms with Crippen LogP contribution in [0, 0.1) is 0 Å². The van der Waals surface area contributed by atoms with E-state index >= 15 is 0 Å². The van der Waals surface area contributed by atoms with Crippen LogP contribution in [0.15, 0.2) is 22.7 Å². The van der Waals surface area contributed by atoms with Crippen LogP contribution in [0.1, 0.15) is 35.9 Å². The van der Waals surface area contributed by atoms with E-state index in [0.717, 1.165) is 0 Å². The molecule has 2 aromatic rings. The lowest BCUT2D eigenvalue weighted by atomic mass is 10.0. The molecular formula is C13H11Cl2NO3. The topological polar surface area (TPSA) is 63.3 Å². The minimum absolute atomic E-state index is 0.0494. The highest BCUT2D eigenvalue weighted by molar-refractivity contribution is 6.35. The molecule has 0 aliphatic carbocycles. The van der Waals surface area contributed by atoms with Crippen LogP contribution in [-0.4, -0.2) is 16.2 Å². The molecule has 19 heavy (non-hydrogen) atoms. The Kier molecular flexibility index (Phi) is 3.83. The van der Waals surface area contributed by atoms with Crippen LogP contribution in [0.5, 0.6) is 0 Å². The first-order valence-corrected chi connectivity index (χ1v) is 6.35. The van der Waals surface area contributed by atoms with Crippen molar-refractivity contribution in [2.75, 3.05) is 0 Å². The molecule has 0 unspecified atom stereocenters. The summed E-state index contributed by atoms with van der Waals surface area (Å²) in [6, 6.07) is 4.76. The number of carboxylic acids is 1. The van der Waals surface area contributed by atoms with Crippen molar-refractivity contribution < 1.29 is 14.4 Å². The first-order valence-electron chi connectivity index (χ1n) is 5.59. The van der Waals surface area contributed by atoms with Crippen molar-refractivity contribution in [3.8, 4) is 11.3 Å². The van der Waals surface area contributed by atoms with E-state index in [4.69, 9.17) is 27.7 Å². The Morgan fingerprint density at radius 1 is 1.26 bits per heavy atom. The van der Waals surface area contributed by atoms with Crippen molar-refractivity contribution in [2.24, 2.45) is 0 Å². The fourth-order valence-electron chi connectivity index (χ4n) is 1.79. The number of aromatic nitrogens is 1. The monoisotopic (exact) mass is 299 g/mol. The van der Waals surface area contributed by atoms with Gasteiger partial charge in [0.05, 0.1) is 0 Å². The van der Waals surface area contributed by atoms with Gasteiger partial charge in [0.2, 0.25) is 0 Å². The van der Waals surface area contributed by atoms with Gasteiger partial charge in [0.15, 0.2) is 5.76 Å². The zero-order valence-electron chi connectivity index (χ0n) is 10.3. The summed E-state index contributed by atoms with van der Waals surface area (Å²) in [6.07, 6.45) is 0. The third-order valence-corrected chi connectivity index (χ3v) is 3.03. The van der Waals surface area contributed by atoms with Crippen molar-refractivity contribution in [1.29, 1.82) is 0 Å². The highest BCUT2D eigenvalue weighted by atomic mass is 35.5. The van der Waals surface area contributed by atoms with E-state index in [1.807, 2.05) is 13.8 Å². The Bertz CT molecular complexity index is 615. The number of nitrogens with zero attached hydrogens (tertiary/aromatic N) is 1. The Labute approximate surface area is 119 Å². The molecule has 2 rings (SSSR count). The molecule has 1 aromatic carbocycles. The molecule has 0 amide bonds. The zero-order chi connectivity index (χ0) is 14.2. The van der Waals surface area contributed by atoms with Crippen LogP contribution in [-0.2, 0) is 0 Å². The van der Waals surface area contributed by atoms with E-state index in [1.54, 1.807) is 18.2 Å². The molecule has 0 fully saturated rings. The van der Waals surface area contributed by atoms with Crippen molar-refractivity contribution in [3.63, 3.8) is 0 Å². The van der Waals surface area contributed by atoms with E-state index in [-0.39, 0.29) is 17.2 Å². The number of benzene rings is 1. The van der Waals surface area contributed by atoms with E-state index in [1.165, 1.54) is 0 Å². The standard InChI is InChI=1S/C13H11Cl2NO3/c1-6(2)12-10(13(17)18)11(16-19-12)7-3-8(14)5-9(15)4-7/h3-6H,1-2H3,(H,17,18). The van der Waals surface area contributed by atoms with Crippen LogP contribution in [0.3, 0.4) is 0 Å². The van der Waals surface area contributed by atoms with Crippen LogP contribution < -0.4 is 0 Å². The lowest BCUT2D eigenvalue weighted by molar-refractivity contribution is 0.0694. The highest BCUT2D eigenvalue weighted by Gasteiger charge is 2.25. The van der Waals surface area contributed by atoms with Crippen molar-refractivity contribution in [1.82, 2.24) is 5.16 Å². The number of hydrogen-bond donors (Lipinski definition) is 1. The summed E-state index contributed by atoms with van der Waals surface area (Å²) in [4.78, 5) is 11.4. The normalized spacial score (nSPS) is 11.0. The number of carbonyl (C=O) groups is 1. The summed E-state index contributed by atoms with van der Waals surface area (Å²) < 4.78 is 5.14. The van der Waals surface area contributed by atoms with Gasteiger partial charge in [-0.05, 0) is 18.2 Å². The molecule has 0 saturated carbocycles. The van der Waals surface area contributed by atoms with Crippen LogP contribution in [0.25, 0.3) is 11.3 Å². The van der Waals surface area contributed by atoms with E-state index in [0.29, 0.717) is 21.4 Å². The molecule has 0 radical (unpaired) electrons. The van der Waals surface area contributed by atoms with Gasteiger partial charge >= 0.3 is 5.97 Å². The van der Waals surface area contributed by atoms with E-state index in [2.05, 4.69) is 5.16 Å². The van der Waals surface area contributed by atoms with Gasteiger partial charge in [-0.25, -0.2) is 4.79 Å². The Morgan fingerprint density at radius 2 is 1.84 bits per heavy atom. The van der Waals surface area contributed by atoms with Crippen LogP contribution >= 0.6 is 23.2 Å². The second-order valence-electron chi connectivity index (χ2n) is 4.39. The van der Waals surface area contributed by atoms with Gasteiger partial charge in [-0.2, -0.15) is 0 Å². The maximum atomic E-state index is 11.4. The summed E-state index contributed by atoms with van der Waals surface area (Å²) in [5.41, 5.74) is 0.805. The maximum Gasteiger partial charge on any atom is 0.341 e. The maximum absolute atomic E-state index is 11.4. The number of aromatic carboxylic acids is 1. The molecule has 0 bridgehead atoms. The molecule has 6 heteroatoms. The number of carboxylic acid groups (broad SMARTS) is 1. The van der Waals surface area contributed by atoms with Gasteiger partial charge < -0.3 is 9.63 Å². The third kappa shape index (κ3) is 2.74. The largest absolute Gasteiger partial charge is 0.477 e. The first kappa shape index (κ1) is 13.9. The Hall–Kier alpha value is -1.52. The molecule has 0 saturated heterocycles. The van der Waals surface area contributed by atoms with Gasteiger partial charge in [0.1, 0.15) is 11.3 Å². The molecular weight excluding hydrogens is 289 g/mol. The third-order valence-electron chi connectivity index (χ3n) is 2.59. The van der Waals surface area contributed by atoms with Gasteiger partial charge in [-0.1, -0.05) is 42.2 Å². The number of rotatable bonds is 3. The minimum atomic E-state index is -1.09. The first-order chi connectivity index (χ1) is 8.90. The molecule has 0 aliphatic rings. The summed E-state index contributed by atoms with van der Waals surface area (Å²) >= 11 is 11.8. The van der Waals surface area contributed by atoms with Crippen LogP contribution in [0.4, 0.5) is 0 Å². The van der Waals surface area contributed by atoms with Gasteiger partial charge in [-0.3, -0.25) is 0 Å². The second kappa shape index (κ2) is 5.23. The molecule has 100 valence electrons. The summed E-state index contributed by atoms with van der Waals surface area (Å²) in [5.74, 6) is -0.836. The smallest absolute Gasteiger partial charge is 0.341 e. The van der Waals surface area contributed by atoms with Crippen molar-refractivity contribution in [2.45, 2.75) is 19.8 Å². The number of hydrogen-bond acceptors (Lipinski definition) is 3. The molecule has 0 aliphatic heterocycles. The fraction of sp³-hybridized carbons (Fsp3) is 0.231. The van der Waals surface area contributed by atoms with Gasteiger partial charge in [0.25, 0.3) is 0 Å². The molecule has 1 aromatic heterocycles. The van der Waals surface area contributed by atoms with E-state index in [9.17, 15) is 9.90 Å². The summed E-state index contributed by atoms with van der Waals surface area (Å²) in [6.45, 7) is 3.67. The average molecular weight is 300 g/mol. The predicted octanol–water partition coefficient (Wildman–Crippen LogP) is 4.47. The number of halogens is 2. The average Bonchev–Trinajstić information content (AvgIpc) is 2.71. The molecule has 4 nitrogen and oxygen atoms in total. The molecule has 1 N–H and O–H groups in total. The molecule has 1 heterocycles. The zero-order valence-corrected chi connectivity index (χ0v) is 11.8. The highest BCUT2D eigenvalue weighted by Crippen LogP contribution is 2.32. The molecule has 0 atom stereocenters.